The van der Waals surface area contributed by atoms with Crippen LogP contribution in [0.3, 0.4) is 0 Å². The number of para-hydroxylation sites is 1. The fraction of sp³-hybridized carbons (Fsp3) is 0.167. The third kappa shape index (κ3) is 1.77. The van der Waals surface area contributed by atoms with Gasteiger partial charge in [0, 0.05) is 39.5 Å². The third-order valence-corrected chi connectivity index (χ3v) is 4.21. The van der Waals surface area contributed by atoms with E-state index >= 15 is 0 Å². The van der Waals surface area contributed by atoms with Gasteiger partial charge in [0.25, 0.3) is 0 Å². The summed E-state index contributed by atoms with van der Waals surface area (Å²) in [6.45, 7) is 4.39. The largest absolute Gasteiger partial charge is 0.340 e. The maximum atomic E-state index is 12.7. The summed E-state index contributed by atoms with van der Waals surface area (Å²) in [7, 11) is 0. The van der Waals surface area contributed by atoms with Gasteiger partial charge < -0.3 is 4.57 Å². The van der Waals surface area contributed by atoms with Crippen molar-refractivity contribution in [2.45, 2.75) is 13.0 Å². The van der Waals surface area contributed by atoms with Crippen molar-refractivity contribution in [3.05, 3.63) is 54.1 Å². The van der Waals surface area contributed by atoms with E-state index in [4.69, 9.17) is 0 Å². The molecular weight excluding hydrogens is 277 g/mol. The van der Waals surface area contributed by atoms with Crippen LogP contribution in [-0.2, 0) is 6.54 Å². The maximum absolute atomic E-state index is 12.7. The van der Waals surface area contributed by atoms with E-state index in [9.17, 15) is 4.39 Å². The molecule has 0 saturated carbocycles. The number of hydrogen-bond acceptors (Lipinski definition) is 2. The molecule has 1 aliphatic heterocycles. The fourth-order valence-corrected chi connectivity index (χ4v) is 3.26. The Morgan fingerprint density at radius 1 is 1.14 bits per heavy atom. The lowest BCUT2D eigenvalue weighted by Gasteiger charge is -2.15. The summed E-state index contributed by atoms with van der Waals surface area (Å²) >= 11 is 0. The lowest BCUT2D eigenvalue weighted by atomic mass is 9.99. The number of alkyl halides is 1. The van der Waals surface area contributed by atoms with Crippen molar-refractivity contribution in [1.82, 2.24) is 9.99 Å². The number of rotatable bonds is 3. The van der Waals surface area contributed by atoms with Crippen molar-refractivity contribution >= 4 is 33.7 Å². The van der Waals surface area contributed by atoms with Gasteiger partial charge in [-0.05, 0) is 18.6 Å². The Balaban J connectivity index is 2.12. The number of hydrazone groups is 1. The molecule has 110 valence electrons. The standard InChI is InChI=1S/C18H16FN3/c1-12-13-7-8-17-18(15(13)11-20-21-12)14-5-2-3-6-16(14)22(17)10-4-9-19/h2-3,5-8,11,21H,1,4,9-10H2. The number of nitrogens with one attached hydrogen (secondary N) is 1. The highest BCUT2D eigenvalue weighted by atomic mass is 19.1. The Kier molecular flexibility index (Phi) is 2.96. The van der Waals surface area contributed by atoms with E-state index in [1.54, 1.807) is 0 Å². The first-order chi connectivity index (χ1) is 10.8. The molecule has 0 aliphatic carbocycles. The Hall–Kier alpha value is -2.62. The summed E-state index contributed by atoms with van der Waals surface area (Å²) in [6.07, 6.45) is 2.37. The second-order valence-electron chi connectivity index (χ2n) is 5.48. The normalized spacial score (nSPS) is 13.6. The summed E-state index contributed by atoms with van der Waals surface area (Å²) in [5.74, 6) is 0. The first-order valence-electron chi connectivity index (χ1n) is 7.39. The zero-order chi connectivity index (χ0) is 15.1. The Bertz CT molecular complexity index is 921. The molecule has 0 spiro atoms. The van der Waals surface area contributed by atoms with E-state index in [1.807, 2.05) is 18.3 Å². The van der Waals surface area contributed by atoms with Gasteiger partial charge in [-0.15, -0.1) is 0 Å². The van der Waals surface area contributed by atoms with Gasteiger partial charge in [0.2, 0.25) is 0 Å². The van der Waals surface area contributed by atoms with Gasteiger partial charge in [0.05, 0.1) is 18.6 Å². The van der Waals surface area contributed by atoms with Crippen molar-refractivity contribution in [2.24, 2.45) is 5.10 Å². The van der Waals surface area contributed by atoms with Crippen LogP contribution in [-0.4, -0.2) is 17.5 Å². The molecule has 22 heavy (non-hydrogen) atoms. The number of fused-ring (bicyclic) bond motifs is 5. The smallest absolute Gasteiger partial charge is 0.0911 e. The molecule has 0 atom stereocenters. The number of aryl methyl sites for hydroxylation is 1. The molecule has 0 fully saturated rings. The summed E-state index contributed by atoms with van der Waals surface area (Å²) in [4.78, 5) is 0. The quantitative estimate of drug-likeness (QED) is 0.775. The molecule has 1 aliphatic rings. The number of nitrogens with zero attached hydrogens (tertiary/aromatic N) is 2. The first kappa shape index (κ1) is 13.1. The Labute approximate surface area is 127 Å². The molecular formula is C18H16FN3. The second-order valence-corrected chi connectivity index (χ2v) is 5.48. The highest BCUT2D eigenvalue weighted by molar-refractivity contribution is 6.17. The Morgan fingerprint density at radius 3 is 2.86 bits per heavy atom. The number of hydrogen-bond donors (Lipinski definition) is 1. The van der Waals surface area contributed by atoms with Crippen molar-refractivity contribution in [2.75, 3.05) is 6.67 Å². The summed E-state index contributed by atoms with van der Waals surface area (Å²) < 4.78 is 14.9. The van der Waals surface area contributed by atoms with Crippen molar-refractivity contribution < 1.29 is 4.39 Å². The minimum Gasteiger partial charge on any atom is -0.340 e. The molecule has 0 saturated heterocycles. The average Bonchev–Trinajstić information content (AvgIpc) is 2.87. The average molecular weight is 293 g/mol. The van der Waals surface area contributed by atoms with Crippen molar-refractivity contribution in [1.29, 1.82) is 0 Å². The molecule has 4 rings (SSSR count). The molecule has 0 radical (unpaired) electrons. The lowest BCUT2D eigenvalue weighted by molar-refractivity contribution is 0.452. The fourth-order valence-electron chi connectivity index (χ4n) is 3.26. The summed E-state index contributed by atoms with van der Waals surface area (Å²) in [6, 6.07) is 12.4. The molecule has 1 N–H and O–H groups in total. The predicted octanol–water partition coefficient (Wildman–Crippen LogP) is 4.06. The molecule has 2 aromatic carbocycles. The molecule has 1 aromatic heterocycles. The highest BCUT2D eigenvalue weighted by Crippen LogP contribution is 2.35. The number of halogens is 1. The van der Waals surface area contributed by atoms with Gasteiger partial charge in [-0.2, -0.15) is 5.10 Å². The molecule has 2 heterocycles. The lowest BCUT2D eigenvalue weighted by Crippen LogP contribution is -2.11. The molecule has 0 bridgehead atoms. The van der Waals surface area contributed by atoms with E-state index in [-0.39, 0.29) is 6.67 Å². The van der Waals surface area contributed by atoms with Crippen LogP contribution < -0.4 is 5.43 Å². The third-order valence-electron chi connectivity index (χ3n) is 4.21. The van der Waals surface area contributed by atoms with Crippen molar-refractivity contribution in [3.63, 3.8) is 0 Å². The van der Waals surface area contributed by atoms with Gasteiger partial charge in [0.15, 0.2) is 0 Å². The SMILES string of the molecule is C=C1NN=Cc2c1ccc1c2c2ccccc2n1CCCF. The van der Waals surface area contributed by atoms with Crippen LogP contribution in [0, 0.1) is 0 Å². The minimum absolute atomic E-state index is 0.304. The van der Waals surface area contributed by atoms with Crippen molar-refractivity contribution in [3.8, 4) is 0 Å². The van der Waals surface area contributed by atoms with Gasteiger partial charge >= 0.3 is 0 Å². The second kappa shape index (κ2) is 4.98. The van der Waals surface area contributed by atoms with Gasteiger partial charge in [-0.1, -0.05) is 30.8 Å². The van der Waals surface area contributed by atoms with Gasteiger partial charge in [-0.3, -0.25) is 9.82 Å². The van der Waals surface area contributed by atoms with Gasteiger partial charge in [-0.25, -0.2) is 0 Å². The van der Waals surface area contributed by atoms with Crippen LogP contribution in [0.15, 0.2) is 48.1 Å². The summed E-state index contributed by atoms with van der Waals surface area (Å²) in [5.41, 5.74) is 8.12. The number of benzene rings is 2. The topological polar surface area (TPSA) is 29.3 Å². The first-order valence-corrected chi connectivity index (χ1v) is 7.39. The van der Waals surface area contributed by atoms with E-state index in [0.717, 1.165) is 27.9 Å². The van der Waals surface area contributed by atoms with Crippen LogP contribution in [0.5, 0.6) is 0 Å². The Morgan fingerprint density at radius 2 is 2.00 bits per heavy atom. The van der Waals surface area contributed by atoms with E-state index < -0.39 is 0 Å². The maximum Gasteiger partial charge on any atom is 0.0911 e. The zero-order valence-electron chi connectivity index (χ0n) is 12.1. The molecule has 0 amide bonds. The number of aromatic nitrogens is 1. The van der Waals surface area contributed by atoms with Crippen LogP contribution >= 0.6 is 0 Å². The predicted molar refractivity (Wildman–Crippen MR) is 89.8 cm³/mol. The highest BCUT2D eigenvalue weighted by Gasteiger charge is 2.18. The molecule has 3 nitrogen and oxygen atoms in total. The van der Waals surface area contributed by atoms with Crippen LogP contribution in [0.2, 0.25) is 0 Å². The van der Waals surface area contributed by atoms with Crippen LogP contribution in [0.4, 0.5) is 4.39 Å². The zero-order valence-corrected chi connectivity index (χ0v) is 12.1. The molecule has 3 aromatic rings. The van der Waals surface area contributed by atoms with E-state index in [1.165, 1.54) is 10.8 Å². The van der Waals surface area contributed by atoms with Gasteiger partial charge in [0.1, 0.15) is 0 Å². The summed E-state index contributed by atoms with van der Waals surface area (Å²) in [5, 5.41) is 6.52. The molecule has 4 heteroatoms. The monoisotopic (exact) mass is 293 g/mol. The van der Waals surface area contributed by atoms with Crippen LogP contribution in [0.1, 0.15) is 17.5 Å². The molecule has 0 unspecified atom stereocenters. The van der Waals surface area contributed by atoms with Crippen LogP contribution in [0.25, 0.3) is 27.5 Å². The minimum atomic E-state index is -0.304. The van der Waals surface area contributed by atoms with E-state index in [2.05, 4.69) is 45.9 Å². The van der Waals surface area contributed by atoms with E-state index in [0.29, 0.717) is 13.0 Å².